The number of aliphatic hydroxyl groups excluding tert-OH is 1. The molecule has 2 amide bonds. The van der Waals surface area contributed by atoms with E-state index in [9.17, 15) is 19.2 Å². The standard InChI is InChI=1S/C35H46N2O8/c1-3-5-8-18-30(23-27-14-9-6-10-15-27)34(41)45-26-31(35(42)44-25-28-16-11-7-12-17-28)37-33(40)29(13-4-2)24-32(39)36-19-21-43-22-20-38/h3-4,6-7,9-12,14-17,29-31,38H,1-2,5,8,13,18-26H2,(H,36,39)(H,37,40)/t29-,30+,31+/m0/s1. The van der Waals surface area contributed by atoms with Crippen LogP contribution in [-0.4, -0.2) is 67.9 Å². The number of hydrogen-bond acceptors (Lipinski definition) is 8. The number of benzene rings is 2. The van der Waals surface area contributed by atoms with Crippen LogP contribution < -0.4 is 10.6 Å². The van der Waals surface area contributed by atoms with Gasteiger partial charge in [-0.15, -0.1) is 13.2 Å². The van der Waals surface area contributed by atoms with Gasteiger partial charge in [-0.3, -0.25) is 14.4 Å². The molecule has 45 heavy (non-hydrogen) atoms. The Bertz CT molecular complexity index is 1190. The molecule has 0 bridgehead atoms. The highest BCUT2D eigenvalue weighted by molar-refractivity contribution is 5.89. The third-order valence-electron chi connectivity index (χ3n) is 6.89. The molecule has 3 N–H and O–H groups in total. The average molecular weight is 623 g/mol. The third-order valence-corrected chi connectivity index (χ3v) is 6.89. The van der Waals surface area contributed by atoms with Crippen molar-refractivity contribution >= 4 is 23.8 Å². The minimum absolute atomic E-state index is 0.0327. The summed E-state index contributed by atoms with van der Waals surface area (Å²) in [6.07, 6.45) is 5.85. The van der Waals surface area contributed by atoms with Gasteiger partial charge in [-0.2, -0.15) is 0 Å². The van der Waals surface area contributed by atoms with Gasteiger partial charge in [0.05, 0.1) is 31.7 Å². The van der Waals surface area contributed by atoms with Crippen molar-refractivity contribution in [3.63, 3.8) is 0 Å². The van der Waals surface area contributed by atoms with Crippen LogP contribution in [0.2, 0.25) is 0 Å². The highest BCUT2D eigenvalue weighted by Gasteiger charge is 2.30. The van der Waals surface area contributed by atoms with Crippen LogP contribution in [0.4, 0.5) is 0 Å². The number of amides is 2. The molecule has 0 heterocycles. The lowest BCUT2D eigenvalue weighted by molar-refractivity contribution is -0.157. The van der Waals surface area contributed by atoms with E-state index in [1.807, 2.05) is 48.5 Å². The number of carbonyl (C=O) groups excluding carboxylic acids is 4. The molecule has 0 fully saturated rings. The Balaban J connectivity index is 2.11. The predicted octanol–water partition coefficient (Wildman–Crippen LogP) is 3.68. The number of ether oxygens (including phenoxy) is 3. The summed E-state index contributed by atoms with van der Waals surface area (Å²) in [5.41, 5.74) is 1.73. The van der Waals surface area contributed by atoms with Crippen molar-refractivity contribution < 1.29 is 38.5 Å². The highest BCUT2D eigenvalue weighted by atomic mass is 16.6. The molecule has 2 aromatic rings. The summed E-state index contributed by atoms with van der Waals surface area (Å²) in [5.74, 6) is -3.50. The maximum Gasteiger partial charge on any atom is 0.332 e. The van der Waals surface area contributed by atoms with Crippen LogP contribution in [0.1, 0.15) is 43.2 Å². The molecule has 10 nitrogen and oxygen atoms in total. The van der Waals surface area contributed by atoms with Crippen molar-refractivity contribution in [3.8, 4) is 0 Å². The first-order chi connectivity index (χ1) is 21.9. The van der Waals surface area contributed by atoms with Gasteiger partial charge >= 0.3 is 11.9 Å². The Morgan fingerprint density at radius 3 is 2.18 bits per heavy atom. The molecular weight excluding hydrogens is 576 g/mol. The Morgan fingerprint density at radius 1 is 0.844 bits per heavy atom. The van der Waals surface area contributed by atoms with Gasteiger partial charge in [-0.05, 0) is 43.2 Å². The maximum atomic E-state index is 13.3. The van der Waals surface area contributed by atoms with E-state index in [0.29, 0.717) is 12.8 Å². The van der Waals surface area contributed by atoms with Gasteiger partial charge in [-0.1, -0.05) is 72.8 Å². The fourth-order valence-electron chi connectivity index (χ4n) is 4.49. The maximum absolute atomic E-state index is 13.3. The number of hydrogen-bond donors (Lipinski definition) is 3. The molecule has 0 radical (unpaired) electrons. The van der Waals surface area contributed by atoms with Crippen molar-refractivity contribution in [1.29, 1.82) is 0 Å². The molecule has 3 atom stereocenters. The summed E-state index contributed by atoms with van der Waals surface area (Å²) in [7, 11) is 0. The topological polar surface area (TPSA) is 140 Å². The highest BCUT2D eigenvalue weighted by Crippen LogP contribution is 2.18. The van der Waals surface area contributed by atoms with E-state index >= 15 is 0 Å². The lowest BCUT2D eigenvalue weighted by Gasteiger charge is -2.22. The fourth-order valence-corrected chi connectivity index (χ4v) is 4.49. The Morgan fingerprint density at radius 2 is 1.53 bits per heavy atom. The number of allylic oxidation sites excluding steroid dienone is 2. The van der Waals surface area contributed by atoms with Gasteiger partial charge in [-0.25, -0.2) is 4.79 Å². The summed E-state index contributed by atoms with van der Waals surface area (Å²) >= 11 is 0. The lowest BCUT2D eigenvalue weighted by Crippen LogP contribution is -2.48. The molecule has 0 aliphatic rings. The average Bonchev–Trinajstić information content (AvgIpc) is 3.05. The summed E-state index contributed by atoms with van der Waals surface area (Å²) in [6.45, 7) is 7.43. The van der Waals surface area contributed by atoms with E-state index in [0.717, 1.165) is 24.0 Å². The van der Waals surface area contributed by atoms with Crippen LogP contribution in [0, 0.1) is 11.8 Å². The van der Waals surface area contributed by atoms with Gasteiger partial charge in [0, 0.05) is 13.0 Å². The van der Waals surface area contributed by atoms with Crippen molar-refractivity contribution in [2.24, 2.45) is 11.8 Å². The Hall–Kier alpha value is -4.28. The lowest BCUT2D eigenvalue weighted by atomic mass is 9.94. The van der Waals surface area contributed by atoms with Crippen LogP contribution in [-0.2, 0) is 46.4 Å². The molecular formula is C35H46N2O8. The zero-order valence-electron chi connectivity index (χ0n) is 25.9. The molecule has 2 aromatic carbocycles. The monoisotopic (exact) mass is 622 g/mol. The molecule has 2 rings (SSSR count). The smallest absolute Gasteiger partial charge is 0.332 e. The summed E-state index contributed by atoms with van der Waals surface area (Å²) in [6, 6.07) is 17.4. The quantitative estimate of drug-likeness (QED) is 0.0969. The number of aliphatic hydroxyl groups is 1. The van der Waals surface area contributed by atoms with Crippen molar-refractivity contribution in [3.05, 3.63) is 97.1 Å². The van der Waals surface area contributed by atoms with E-state index in [1.54, 1.807) is 18.2 Å². The normalized spacial score (nSPS) is 12.6. The number of nitrogens with one attached hydrogen (secondary N) is 2. The fraction of sp³-hybridized carbons (Fsp3) is 0.429. The summed E-state index contributed by atoms with van der Waals surface area (Å²) in [5, 5.41) is 14.1. The van der Waals surface area contributed by atoms with Gasteiger partial charge in [0.1, 0.15) is 13.2 Å². The molecule has 0 aliphatic heterocycles. The second-order valence-corrected chi connectivity index (χ2v) is 10.5. The largest absolute Gasteiger partial charge is 0.463 e. The number of unbranched alkanes of at least 4 members (excludes halogenated alkanes) is 1. The zero-order valence-corrected chi connectivity index (χ0v) is 25.9. The SMILES string of the molecule is C=CCCC[C@H](Cc1ccccc1)C(=O)OC[C@@H](NC(=O)[C@@H](CC=C)CC(=O)NCCOCCO)C(=O)OCc1ccccc1. The van der Waals surface area contributed by atoms with Gasteiger partial charge < -0.3 is 30.0 Å². The number of carbonyl (C=O) groups is 4. The molecule has 10 heteroatoms. The number of rotatable bonds is 23. The van der Waals surface area contributed by atoms with E-state index in [1.165, 1.54) is 6.08 Å². The summed E-state index contributed by atoms with van der Waals surface area (Å²) in [4.78, 5) is 52.3. The minimum atomic E-state index is -1.29. The third kappa shape index (κ3) is 15.3. The first-order valence-electron chi connectivity index (χ1n) is 15.3. The molecule has 244 valence electrons. The van der Waals surface area contributed by atoms with Crippen LogP contribution in [0.5, 0.6) is 0 Å². The first kappa shape index (κ1) is 36.9. The molecule has 0 unspecified atom stereocenters. The van der Waals surface area contributed by atoms with E-state index in [-0.39, 0.29) is 51.7 Å². The van der Waals surface area contributed by atoms with E-state index in [4.69, 9.17) is 19.3 Å². The Labute approximate surface area is 265 Å². The molecule has 0 saturated heterocycles. The Kier molecular flexibility index (Phi) is 18.3. The molecule has 0 aromatic heterocycles. The van der Waals surface area contributed by atoms with Crippen LogP contribution in [0.25, 0.3) is 0 Å². The second kappa shape index (κ2) is 22.3. The minimum Gasteiger partial charge on any atom is -0.463 e. The second-order valence-electron chi connectivity index (χ2n) is 10.5. The zero-order chi connectivity index (χ0) is 32.7. The molecule has 0 saturated carbocycles. The first-order valence-corrected chi connectivity index (χ1v) is 15.3. The van der Waals surface area contributed by atoms with Crippen molar-refractivity contribution in [1.82, 2.24) is 10.6 Å². The van der Waals surface area contributed by atoms with E-state index in [2.05, 4.69) is 23.8 Å². The van der Waals surface area contributed by atoms with E-state index < -0.39 is 42.3 Å². The van der Waals surface area contributed by atoms with Gasteiger partial charge in [0.2, 0.25) is 11.8 Å². The molecule has 0 spiro atoms. The number of esters is 2. The van der Waals surface area contributed by atoms with Crippen molar-refractivity contribution in [2.75, 3.05) is 33.0 Å². The van der Waals surface area contributed by atoms with Crippen molar-refractivity contribution in [2.45, 2.75) is 51.2 Å². The predicted molar refractivity (Wildman–Crippen MR) is 171 cm³/mol. The summed E-state index contributed by atoms with van der Waals surface area (Å²) < 4.78 is 16.2. The van der Waals surface area contributed by atoms with Crippen LogP contribution in [0.15, 0.2) is 86.0 Å². The van der Waals surface area contributed by atoms with Gasteiger partial charge in [0.15, 0.2) is 6.04 Å². The van der Waals surface area contributed by atoms with Crippen LogP contribution >= 0.6 is 0 Å². The van der Waals surface area contributed by atoms with Gasteiger partial charge in [0.25, 0.3) is 0 Å². The van der Waals surface area contributed by atoms with Crippen LogP contribution in [0.3, 0.4) is 0 Å². The molecule has 0 aliphatic carbocycles.